The van der Waals surface area contributed by atoms with Crippen molar-refractivity contribution in [1.29, 1.82) is 0 Å². The van der Waals surface area contributed by atoms with Gasteiger partial charge in [0.25, 0.3) is 10.1 Å². The van der Waals surface area contributed by atoms with Gasteiger partial charge in [0, 0.05) is 28.6 Å². The van der Waals surface area contributed by atoms with E-state index in [-0.39, 0.29) is 6.61 Å². The molecule has 16 heavy (non-hydrogen) atoms. The van der Waals surface area contributed by atoms with Gasteiger partial charge in [-0.05, 0) is 22.0 Å². The summed E-state index contributed by atoms with van der Waals surface area (Å²) in [7, 11) is -3.44. The molecule has 0 N–H and O–H groups in total. The van der Waals surface area contributed by atoms with Crippen molar-refractivity contribution in [2.45, 2.75) is 6.61 Å². The van der Waals surface area contributed by atoms with E-state index in [2.05, 4.69) is 20.9 Å². The number of halogens is 1. The minimum Gasteiger partial charge on any atom is -0.306 e. The molecule has 86 valence electrons. The van der Waals surface area contributed by atoms with E-state index in [9.17, 15) is 8.42 Å². The van der Waals surface area contributed by atoms with Crippen LogP contribution < -0.4 is 0 Å². The average Bonchev–Trinajstić information content (AvgIpc) is 2.60. The summed E-state index contributed by atoms with van der Waals surface area (Å²) in [6.07, 6.45) is 6.29. The van der Waals surface area contributed by atoms with Crippen molar-refractivity contribution in [1.82, 2.24) is 9.38 Å². The van der Waals surface area contributed by atoms with E-state index >= 15 is 0 Å². The fourth-order valence-electron chi connectivity index (χ4n) is 1.34. The van der Waals surface area contributed by atoms with Crippen molar-refractivity contribution in [3.63, 3.8) is 0 Å². The third kappa shape index (κ3) is 2.60. The zero-order valence-corrected chi connectivity index (χ0v) is 10.8. The smallest absolute Gasteiger partial charge is 0.264 e. The van der Waals surface area contributed by atoms with Gasteiger partial charge in [-0.25, -0.2) is 4.98 Å². The van der Waals surface area contributed by atoms with Gasteiger partial charge in [-0.3, -0.25) is 4.18 Å². The summed E-state index contributed by atoms with van der Waals surface area (Å²) in [5.41, 5.74) is 1.40. The van der Waals surface area contributed by atoms with Crippen LogP contribution in [0.25, 0.3) is 5.65 Å². The Morgan fingerprint density at radius 1 is 1.56 bits per heavy atom. The predicted octanol–water partition coefficient (Wildman–Crippen LogP) is 1.57. The van der Waals surface area contributed by atoms with Crippen LogP contribution in [0.3, 0.4) is 0 Å². The molecule has 0 spiro atoms. The third-order valence-electron chi connectivity index (χ3n) is 1.96. The number of hydrogen-bond donors (Lipinski definition) is 0. The van der Waals surface area contributed by atoms with Crippen LogP contribution in [0.2, 0.25) is 0 Å². The molecule has 0 unspecified atom stereocenters. The molecule has 0 fully saturated rings. The quantitative estimate of drug-likeness (QED) is 0.808. The molecule has 2 heterocycles. The SMILES string of the molecule is CS(=O)(=O)OCc1cc(Br)cn2ccnc12. The van der Waals surface area contributed by atoms with Gasteiger partial charge >= 0.3 is 0 Å². The summed E-state index contributed by atoms with van der Waals surface area (Å²) in [4.78, 5) is 4.13. The lowest BCUT2D eigenvalue weighted by molar-refractivity contribution is 0.312. The molecule has 0 saturated heterocycles. The number of hydrogen-bond acceptors (Lipinski definition) is 4. The Labute approximate surface area is 101 Å². The highest BCUT2D eigenvalue weighted by Crippen LogP contribution is 2.18. The monoisotopic (exact) mass is 304 g/mol. The lowest BCUT2D eigenvalue weighted by Crippen LogP contribution is -2.04. The zero-order chi connectivity index (χ0) is 11.8. The fourth-order valence-corrected chi connectivity index (χ4v) is 2.18. The summed E-state index contributed by atoms with van der Waals surface area (Å²) < 4.78 is 29.2. The number of aromatic nitrogens is 2. The first-order chi connectivity index (χ1) is 7.46. The van der Waals surface area contributed by atoms with Crippen LogP contribution in [0.4, 0.5) is 0 Å². The summed E-state index contributed by atoms with van der Waals surface area (Å²) >= 11 is 3.33. The first kappa shape index (κ1) is 11.6. The Morgan fingerprint density at radius 3 is 3.00 bits per heavy atom. The Hall–Kier alpha value is -0.920. The van der Waals surface area contributed by atoms with Crippen LogP contribution in [-0.4, -0.2) is 24.1 Å². The number of pyridine rings is 1. The number of rotatable bonds is 3. The Morgan fingerprint density at radius 2 is 2.31 bits per heavy atom. The molecule has 0 bridgehead atoms. The standard InChI is InChI=1S/C9H9BrN2O3S/c1-16(13,14)15-6-7-4-8(10)5-12-3-2-11-9(7)12/h2-5H,6H2,1H3. The molecule has 2 rings (SSSR count). The highest BCUT2D eigenvalue weighted by atomic mass is 79.9. The van der Waals surface area contributed by atoms with Gasteiger partial charge in [0.1, 0.15) is 5.65 Å². The highest BCUT2D eigenvalue weighted by molar-refractivity contribution is 9.10. The second-order valence-corrected chi connectivity index (χ2v) is 5.87. The van der Waals surface area contributed by atoms with Crippen LogP contribution in [0.15, 0.2) is 29.1 Å². The van der Waals surface area contributed by atoms with Crippen molar-refractivity contribution >= 4 is 31.7 Å². The van der Waals surface area contributed by atoms with Crippen molar-refractivity contribution in [3.05, 3.63) is 34.7 Å². The van der Waals surface area contributed by atoms with E-state index in [0.29, 0.717) is 11.2 Å². The minimum absolute atomic E-state index is 0.0151. The third-order valence-corrected chi connectivity index (χ3v) is 2.94. The average molecular weight is 305 g/mol. The maximum atomic E-state index is 10.9. The van der Waals surface area contributed by atoms with Crippen LogP contribution in [-0.2, 0) is 20.9 Å². The lowest BCUT2D eigenvalue weighted by Gasteiger charge is -2.04. The number of nitrogens with zero attached hydrogens (tertiary/aromatic N) is 2. The highest BCUT2D eigenvalue weighted by Gasteiger charge is 2.08. The van der Waals surface area contributed by atoms with Crippen molar-refractivity contribution < 1.29 is 12.6 Å². The van der Waals surface area contributed by atoms with Crippen LogP contribution in [0.5, 0.6) is 0 Å². The van der Waals surface area contributed by atoms with Gasteiger partial charge in [0.2, 0.25) is 0 Å². The van der Waals surface area contributed by atoms with Crippen LogP contribution in [0, 0.1) is 0 Å². The topological polar surface area (TPSA) is 60.7 Å². The number of fused-ring (bicyclic) bond motifs is 1. The molecule has 0 aliphatic rings. The molecule has 5 nitrogen and oxygen atoms in total. The molecule has 0 aromatic carbocycles. The first-order valence-electron chi connectivity index (χ1n) is 4.41. The largest absolute Gasteiger partial charge is 0.306 e. The zero-order valence-electron chi connectivity index (χ0n) is 8.42. The maximum Gasteiger partial charge on any atom is 0.264 e. The van der Waals surface area contributed by atoms with E-state index in [1.807, 2.05) is 6.20 Å². The van der Waals surface area contributed by atoms with E-state index in [1.54, 1.807) is 22.9 Å². The Balaban J connectivity index is 2.39. The van der Waals surface area contributed by atoms with E-state index in [1.165, 1.54) is 0 Å². The molecule has 0 amide bonds. The van der Waals surface area contributed by atoms with Gasteiger partial charge in [-0.2, -0.15) is 8.42 Å². The van der Waals surface area contributed by atoms with E-state index < -0.39 is 10.1 Å². The van der Waals surface area contributed by atoms with Crippen molar-refractivity contribution in [2.75, 3.05) is 6.26 Å². The van der Waals surface area contributed by atoms with Gasteiger partial charge in [-0.15, -0.1) is 0 Å². The van der Waals surface area contributed by atoms with Crippen LogP contribution in [0.1, 0.15) is 5.56 Å². The minimum atomic E-state index is -3.44. The lowest BCUT2D eigenvalue weighted by atomic mass is 10.3. The summed E-state index contributed by atoms with van der Waals surface area (Å²) in [5.74, 6) is 0. The predicted molar refractivity (Wildman–Crippen MR) is 62.5 cm³/mol. The van der Waals surface area contributed by atoms with E-state index in [0.717, 1.165) is 10.7 Å². The van der Waals surface area contributed by atoms with Gasteiger partial charge in [0.15, 0.2) is 0 Å². The van der Waals surface area contributed by atoms with Gasteiger partial charge in [-0.1, -0.05) is 0 Å². The van der Waals surface area contributed by atoms with Crippen molar-refractivity contribution in [2.24, 2.45) is 0 Å². The second-order valence-electron chi connectivity index (χ2n) is 3.31. The summed E-state index contributed by atoms with van der Waals surface area (Å²) in [5, 5.41) is 0. The fraction of sp³-hybridized carbons (Fsp3) is 0.222. The second kappa shape index (κ2) is 4.15. The molecule has 0 radical (unpaired) electrons. The van der Waals surface area contributed by atoms with Gasteiger partial charge in [0.05, 0.1) is 12.9 Å². The molecule has 0 saturated carbocycles. The maximum absolute atomic E-state index is 10.9. The first-order valence-corrected chi connectivity index (χ1v) is 7.02. The molecule has 0 aliphatic heterocycles. The molecule has 7 heteroatoms. The molecule has 2 aromatic rings. The molecular weight excluding hydrogens is 296 g/mol. The van der Waals surface area contributed by atoms with Crippen LogP contribution >= 0.6 is 15.9 Å². The van der Waals surface area contributed by atoms with E-state index in [4.69, 9.17) is 4.18 Å². The Kier molecular flexibility index (Phi) is 3.00. The Bertz CT molecular complexity index is 621. The summed E-state index contributed by atoms with van der Waals surface area (Å²) in [6.45, 7) is -0.0151. The molecule has 0 aliphatic carbocycles. The molecular formula is C9H9BrN2O3S. The normalized spacial score (nSPS) is 12.1. The molecule has 2 aromatic heterocycles. The summed E-state index contributed by atoms with van der Waals surface area (Å²) in [6, 6.07) is 1.79. The molecule has 0 atom stereocenters. The number of imidazole rings is 1. The van der Waals surface area contributed by atoms with Crippen molar-refractivity contribution in [3.8, 4) is 0 Å². The van der Waals surface area contributed by atoms with Gasteiger partial charge < -0.3 is 4.40 Å².